The Morgan fingerprint density at radius 2 is 2.09 bits per heavy atom. The summed E-state index contributed by atoms with van der Waals surface area (Å²) in [5.41, 5.74) is 3.72. The van der Waals surface area contributed by atoms with Gasteiger partial charge in [0.05, 0.1) is 23.2 Å². The van der Waals surface area contributed by atoms with Crippen molar-refractivity contribution in [3.05, 3.63) is 51.1 Å². The Morgan fingerprint density at radius 1 is 1.29 bits per heavy atom. The molecule has 1 aromatic carbocycles. The van der Waals surface area contributed by atoms with E-state index in [-0.39, 0.29) is 23.2 Å². The first kappa shape index (κ1) is 24.5. The monoisotopic (exact) mass is 466 g/mol. The number of benzene rings is 1. The number of aryl methyl sites for hydroxylation is 2. The smallest absolute Gasteiger partial charge is 0.252 e. The third-order valence-electron chi connectivity index (χ3n) is 7.52. The highest BCUT2D eigenvalue weighted by Gasteiger charge is 2.32. The maximum atomic E-state index is 13.2. The minimum absolute atomic E-state index is 0.0279. The van der Waals surface area contributed by atoms with Gasteiger partial charge in [0.25, 0.3) is 5.56 Å². The van der Waals surface area contributed by atoms with Crippen LogP contribution in [-0.4, -0.2) is 49.3 Å². The predicted octanol–water partition coefficient (Wildman–Crippen LogP) is 4.41. The molecule has 3 aromatic rings. The van der Waals surface area contributed by atoms with E-state index in [0.717, 1.165) is 66.7 Å². The molecule has 1 aliphatic rings. The molecule has 0 amide bonds. The van der Waals surface area contributed by atoms with Crippen molar-refractivity contribution in [1.29, 1.82) is 0 Å². The molecule has 34 heavy (non-hydrogen) atoms. The number of nitrogens with zero attached hydrogens (tertiary/aromatic N) is 5. The Kier molecular flexibility index (Phi) is 7.19. The van der Waals surface area contributed by atoms with Gasteiger partial charge >= 0.3 is 0 Å². The lowest BCUT2D eigenvalue weighted by Gasteiger charge is -2.34. The van der Waals surface area contributed by atoms with Crippen molar-refractivity contribution in [1.82, 2.24) is 30.1 Å². The molecule has 1 aliphatic heterocycles. The maximum absolute atomic E-state index is 13.2. The SMILES string of the molecule is CC[C@H](c1nnnn1C(C)(C)CC)N(Cc1cc2ccc(C)c(C)c2[nH]c1=O)C[C@@H]1CCCO1. The van der Waals surface area contributed by atoms with E-state index < -0.39 is 0 Å². The lowest BCUT2D eigenvalue weighted by Crippen LogP contribution is -2.39. The second-order valence-electron chi connectivity index (χ2n) is 10.2. The molecule has 184 valence electrons. The van der Waals surface area contributed by atoms with Crippen LogP contribution < -0.4 is 5.56 Å². The highest BCUT2D eigenvalue weighted by atomic mass is 16.5. The van der Waals surface area contributed by atoms with Crippen LogP contribution in [0, 0.1) is 13.8 Å². The molecule has 0 saturated carbocycles. The van der Waals surface area contributed by atoms with Gasteiger partial charge in [0, 0.05) is 25.3 Å². The molecule has 0 unspecified atom stereocenters. The highest BCUT2D eigenvalue weighted by Crippen LogP contribution is 2.30. The Balaban J connectivity index is 1.73. The van der Waals surface area contributed by atoms with Crippen molar-refractivity contribution < 1.29 is 4.74 Å². The molecule has 8 nitrogen and oxygen atoms in total. The molecule has 1 fully saturated rings. The summed E-state index contributed by atoms with van der Waals surface area (Å²) in [7, 11) is 0. The van der Waals surface area contributed by atoms with Crippen molar-refractivity contribution in [2.24, 2.45) is 0 Å². The Hall–Kier alpha value is -2.58. The predicted molar refractivity (Wildman–Crippen MR) is 134 cm³/mol. The third kappa shape index (κ3) is 4.79. The van der Waals surface area contributed by atoms with Crippen molar-refractivity contribution in [2.75, 3.05) is 13.2 Å². The number of fused-ring (bicyclic) bond motifs is 1. The van der Waals surface area contributed by atoms with E-state index in [1.165, 1.54) is 5.56 Å². The number of hydrogen-bond donors (Lipinski definition) is 1. The minimum Gasteiger partial charge on any atom is -0.377 e. The number of aromatic amines is 1. The molecule has 0 radical (unpaired) electrons. The van der Waals surface area contributed by atoms with E-state index in [0.29, 0.717) is 6.54 Å². The zero-order valence-electron chi connectivity index (χ0n) is 21.4. The second kappa shape index (κ2) is 9.96. The Labute approximate surface area is 201 Å². The zero-order valence-corrected chi connectivity index (χ0v) is 21.4. The second-order valence-corrected chi connectivity index (χ2v) is 10.2. The molecular weight excluding hydrogens is 428 g/mol. The van der Waals surface area contributed by atoms with E-state index in [2.05, 4.69) is 79.1 Å². The number of hydrogen-bond acceptors (Lipinski definition) is 6. The van der Waals surface area contributed by atoms with Crippen LogP contribution in [0.25, 0.3) is 10.9 Å². The average Bonchev–Trinajstić information content (AvgIpc) is 3.51. The highest BCUT2D eigenvalue weighted by molar-refractivity contribution is 5.83. The summed E-state index contributed by atoms with van der Waals surface area (Å²) in [6, 6.07) is 6.21. The molecule has 3 heterocycles. The Bertz CT molecular complexity index is 1190. The van der Waals surface area contributed by atoms with Crippen LogP contribution >= 0.6 is 0 Å². The van der Waals surface area contributed by atoms with E-state index in [1.54, 1.807) is 0 Å². The number of H-pyrrole nitrogens is 1. The van der Waals surface area contributed by atoms with Gasteiger partial charge in [-0.2, -0.15) is 0 Å². The largest absolute Gasteiger partial charge is 0.377 e. The Morgan fingerprint density at radius 3 is 2.76 bits per heavy atom. The van der Waals surface area contributed by atoms with Gasteiger partial charge in [-0.05, 0) is 86.4 Å². The molecule has 2 atom stereocenters. The number of pyridine rings is 1. The van der Waals surface area contributed by atoms with Crippen LogP contribution in [-0.2, 0) is 16.8 Å². The van der Waals surface area contributed by atoms with Gasteiger partial charge in [-0.1, -0.05) is 26.0 Å². The van der Waals surface area contributed by atoms with E-state index >= 15 is 0 Å². The maximum Gasteiger partial charge on any atom is 0.252 e. The summed E-state index contributed by atoms with van der Waals surface area (Å²) in [4.78, 5) is 18.7. The lowest BCUT2D eigenvalue weighted by atomic mass is 10.0. The van der Waals surface area contributed by atoms with Gasteiger partial charge in [0.15, 0.2) is 5.82 Å². The van der Waals surface area contributed by atoms with Gasteiger partial charge in [-0.3, -0.25) is 9.69 Å². The molecular formula is C26H38N6O2. The van der Waals surface area contributed by atoms with Gasteiger partial charge in [-0.15, -0.1) is 5.10 Å². The minimum atomic E-state index is -0.197. The summed E-state index contributed by atoms with van der Waals surface area (Å²) in [6.45, 7) is 14.8. The summed E-state index contributed by atoms with van der Waals surface area (Å²) < 4.78 is 7.95. The number of rotatable bonds is 9. The van der Waals surface area contributed by atoms with Crippen molar-refractivity contribution >= 4 is 10.9 Å². The van der Waals surface area contributed by atoms with Gasteiger partial charge in [0.1, 0.15) is 0 Å². The molecule has 1 N–H and O–H groups in total. The van der Waals surface area contributed by atoms with Gasteiger partial charge in [-0.25, -0.2) is 4.68 Å². The molecule has 1 saturated heterocycles. The van der Waals surface area contributed by atoms with Crippen molar-refractivity contribution in [3.63, 3.8) is 0 Å². The summed E-state index contributed by atoms with van der Waals surface area (Å²) in [6.07, 6.45) is 4.00. The topological polar surface area (TPSA) is 88.9 Å². The molecule has 0 spiro atoms. The number of ether oxygens (including phenoxy) is 1. The summed E-state index contributed by atoms with van der Waals surface area (Å²) in [5.74, 6) is 0.844. The van der Waals surface area contributed by atoms with Crippen LogP contribution in [0.4, 0.5) is 0 Å². The molecule has 4 rings (SSSR count). The normalized spacial score (nSPS) is 17.7. The van der Waals surface area contributed by atoms with E-state index in [4.69, 9.17) is 4.74 Å². The molecule has 8 heteroatoms. The first-order valence-corrected chi connectivity index (χ1v) is 12.5. The van der Waals surface area contributed by atoms with Crippen molar-refractivity contribution in [2.45, 2.75) is 91.5 Å². The number of aromatic nitrogens is 5. The van der Waals surface area contributed by atoms with Gasteiger partial charge < -0.3 is 9.72 Å². The van der Waals surface area contributed by atoms with Crippen LogP contribution in [0.3, 0.4) is 0 Å². The fraction of sp³-hybridized carbons (Fsp3) is 0.615. The molecule has 2 aromatic heterocycles. The first-order valence-electron chi connectivity index (χ1n) is 12.5. The van der Waals surface area contributed by atoms with Crippen LogP contribution in [0.2, 0.25) is 0 Å². The van der Waals surface area contributed by atoms with Crippen LogP contribution in [0.5, 0.6) is 0 Å². The van der Waals surface area contributed by atoms with E-state index in [1.807, 2.05) is 10.7 Å². The summed E-state index contributed by atoms with van der Waals surface area (Å²) in [5, 5.41) is 13.9. The summed E-state index contributed by atoms with van der Waals surface area (Å²) >= 11 is 0. The number of nitrogens with one attached hydrogen (secondary N) is 1. The standard InChI is InChI=1S/C26H38N6O2/c1-7-22(24-28-29-30-32(24)26(5,6)8-2)31(16-21-10-9-13-34-21)15-20-14-19-12-11-17(3)18(4)23(19)27-25(20)33/h11-12,14,21-22H,7-10,13,15-16H2,1-6H3,(H,27,33)/t21-,22+/m0/s1. The fourth-order valence-corrected chi connectivity index (χ4v) is 4.84. The lowest BCUT2D eigenvalue weighted by molar-refractivity contribution is 0.0475. The van der Waals surface area contributed by atoms with Crippen LogP contribution in [0.1, 0.15) is 81.9 Å². The molecule has 0 bridgehead atoms. The van der Waals surface area contributed by atoms with Crippen molar-refractivity contribution in [3.8, 4) is 0 Å². The fourth-order valence-electron chi connectivity index (χ4n) is 4.84. The van der Waals surface area contributed by atoms with E-state index in [9.17, 15) is 4.79 Å². The molecule has 0 aliphatic carbocycles. The average molecular weight is 467 g/mol. The first-order chi connectivity index (χ1) is 16.2. The number of tetrazole rings is 1. The third-order valence-corrected chi connectivity index (χ3v) is 7.52. The van der Waals surface area contributed by atoms with Crippen LogP contribution in [0.15, 0.2) is 23.0 Å². The van der Waals surface area contributed by atoms with Gasteiger partial charge in [0.2, 0.25) is 0 Å². The zero-order chi connectivity index (χ0) is 24.5. The quantitative estimate of drug-likeness (QED) is 0.503.